The van der Waals surface area contributed by atoms with Gasteiger partial charge in [-0.2, -0.15) is 0 Å². The van der Waals surface area contributed by atoms with Crippen molar-refractivity contribution in [3.8, 4) is 5.75 Å². The van der Waals surface area contributed by atoms with Gasteiger partial charge in [-0.1, -0.05) is 30.3 Å². The summed E-state index contributed by atoms with van der Waals surface area (Å²) >= 11 is 0. The zero-order valence-corrected chi connectivity index (χ0v) is 15.6. The van der Waals surface area contributed by atoms with E-state index in [-0.39, 0.29) is 17.0 Å². The van der Waals surface area contributed by atoms with E-state index >= 15 is 0 Å². The van der Waals surface area contributed by atoms with Crippen LogP contribution in [0.4, 0.5) is 4.79 Å². The van der Waals surface area contributed by atoms with E-state index < -0.39 is 10.0 Å². The fourth-order valence-corrected chi connectivity index (χ4v) is 2.76. The number of primary sulfonamides is 1. The van der Waals surface area contributed by atoms with E-state index in [1.165, 1.54) is 17.0 Å². The molecule has 26 heavy (non-hydrogen) atoms. The lowest BCUT2D eigenvalue weighted by Crippen LogP contribution is -2.40. The Kier molecular flexibility index (Phi) is 6.59. The van der Waals surface area contributed by atoms with Crippen LogP contribution in [-0.4, -0.2) is 39.5 Å². The maximum absolute atomic E-state index is 12.2. The molecule has 1 atom stereocenters. The molecule has 0 heterocycles. The SMILES string of the molecule is C[C@H](NC(=O)N(C)CCOc1ccccc1)c1ccc(S(N)(=O)=O)cc1. The van der Waals surface area contributed by atoms with Gasteiger partial charge in [-0.25, -0.2) is 18.4 Å². The van der Waals surface area contributed by atoms with E-state index in [1.54, 1.807) is 19.2 Å². The summed E-state index contributed by atoms with van der Waals surface area (Å²) in [7, 11) is -2.04. The minimum absolute atomic E-state index is 0.0370. The van der Waals surface area contributed by atoms with Crippen LogP contribution < -0.4 is 15.2 Å². The molecule has 0 fully saturated rings. The number of sulfonamides is 1. The Morgan fingerprint density at radius 1 is 1.15 bits per heavy atom. The molecule has 0 aliphatic heterocycles. The zero-order valence-electron chi connectivity index (χ0n) is 14.8. The minimum Gasteiger partial charge on any atom is -0.492 e. The van der Waals surface area contributed by atoms with Gasteiger partial charge in [0.15, 0.2) is 0 Å². The van der Waals surface area contributed by atoms with Crippen molar-refractivity contribution in [1.82, 2.24) is 10.2 Å². The maximum Gasteiger partial charge on any atom is 0.317 e. The first-order chi connectivity index (χ1) is 12.3. The largest absolute Gasteiger partial charge is 0.492 e. The number of nitrogens with two attached hydrogens (primary N) is 1. The molecule has 0 aromatic heterocycles. The topological polar surface area (TPSA) is 102 Å². The molecule has 2 aromatic carbocycles. The number of nitrogens with one attached hydrogen (secondary N) is 1. The number of ether oxygens (including phenoxy) is 1. The summed E-state index contributed by atoms with van der Waals surface area (Å²) in [4.78, 5) is 13.8. The van der Waals surface area contributed by atoms with Crippen molar-refractivity contribution >= 4 is 16.1 Å². The van der Waals surface area contributed by atoms with Crippen LogP contribution in [0.3, 0.4) is 0 Å². The molecular weight excluding hydrogens is 354 g/mol. The Morgan fingerprint density at radius 2 is 1.77 bits per heavy atom. The highest BCUT2D eigenvalue weighted by Crippen LogP contribution is 2.15. The third kappa shape index (κ3) is 5.75. The smallest absolute Gasteiger partial charge is 0.317 e. The first-order valence-electron chi connectivity index (χ1n) is 8.09. The van der Waals surface area contributed by atoms with E-state index in [0.717, 1.165) is 11.3 Å². The molecule has 0 unspecified atom stereocenters. The number of carbonyl (C=O) groups excluding carboxylic acids is 1. The van der Waals surface area contributed by atoms with Crippen LogP contribution in [-0.2, 0) is 10.0 Å². The number of urea groups is 1. The van der Waals surface area contributed by atoms with E-state index in [1.807, 2.05) is 37.3 Å². The van der Waals surface area contributed by atoms with Gasteiger partial charge in [-0.15, -0.1) is 0 Å². The number of likely N-dealkylation sites (N-methyl/N-ethyl adjacent to an activating group) is 1. The number of carbonyl (C=O) groups is 1. The normalized spacial score (nSPS) is 12.3. The van der Waals surface area contributed by atoms with Gasteiger partial charge in [0.25, 0.3) is 0 Å². The highest BCUT2D eigenvalue weighted by Gasteiger charge is 2.14. The summed E-state index contributed by atoms with van der Waals surface area (Å²) in [5.41, 5.74) is 0.777. The average molecular weight is 377 g/mol. The molecule has 0 aliphatic carbocycles. The Labute approximate surface area is 153 Å². The van der Waals surface area contributed by atoms with Crippen molar-refractivity contribution in [2.24, 2.45) is 5.14 Å². The predicted molar refractivity (Wildman–Crippen MR) is 99.3 cm³/mol. The van der Waals surface area contributed by atoms with Crippen molar-refractivity contribution in [1.29, 1.82) is 0 Å². The third-order valence-electron chi connectivity index (χ3n) is 3.83. The van der Waals surface area contributed by atoms with Gasteiger partial charge in [-0.3, -0.25) is 0 Å². The molecule has 2 amide bonds. The lowest BCUT2D eigenvalue weighted by molar-refractivity contribution is 0.192. The van der Waals surface area contributed by atoms with Crippen LogP contribution >= 0.6 is 0 Å². The minimum atomic E-state index is -3.72. The molecule has 0 spiro atoms. The zero-order chi connectivity index (χ0) is 19.2. The average Bonchev–Trinajstić information content (AvgIpc) is 2.61. The van der Waals surface area contributed by atoms with E-state index in [0.29, 0.717) is 13.2 Å². The van der Waals surface area contributed by atoms with Crippen molar-refractivity contribution in [2.45, 2.75) is 17.9 Å². The second-order valence-corrected chi connectivity index (χ2v) is 7.43. The van der Waals surface area contributed by atoms with Crippen molar-refractivity contribution in [3.63, 3.8) is 0 Å². The van der Waals surface area contributed by atoms with Crippen LogP contribution in [0.1, 0.15) is 18.5 Å². The lowest BCUT2D eigenvalue weighted by Gasteiger charge is -2.22. The Morgan fingerprint density at radius 3 is 2.35 bits per heavy atom. The summed E-state index contributed by atoms with van der Waals surface area (Å²) in [5, 5.41) is 7.93. The van der Waals surface area contributed by atoms with Crippen molar-refractivity contribution in [3.05, 3.63) is 60.2 Å². The molecule has 0 saturated heterocycles. The summed E-state index contributed by atoms with van der Waals surface area (Å²) in [6.07, 6.45) is 0. The number of para-hydroxylation sites is 1. The quantitative estimate of drug-likeness (QED) is 0.771. The van der Waals surface area contributed by atoms with Gasteiger partial charge in [0, 0.05) is 7.05 Å². The van der Waals surface area contributed by atoms with Gasteiger partial charge in [0.1, 0.15) is 12.4 Å². The second-order valence-electron chi connectivity index (χ2n) is 5.87. The number of rotatable bonds is 7. The van der Waals surface area contributed by atoms with Crippen LogP contribution in [0.2, 0.25) is 0 Å². The van der Waals surface area contributed by atoms with Gasteiger partial charge in [0.2, 0.25) is 10.0 Å². The summed E-state index contributed by atoms with van der Waals surface area (Å²) in [6, 6.07) is 15.0. The number of hydrogen-bond acceptors (Lipinski definition) is 4. The summed E-state index contributed by atoms with van der Waals surface area (Å²) in [6.45, 7) is 2.63. The fourth-order valence-electron chi connectivity index (χ4n) is 2.24. The highest BCUT2D eigenvalue weighted by atomic mass is 32.2. The van der Waals surface area contributed by atoms with Gasteiger partial charge in [-0.05, 0) is 36.8 Å². The molecule has 0 saturated carbocycles. The van der Waals surface area contributed by atoms with E-state index in [4.69, 9.17) is 9.88 Å². The van der Waals surface area contributed by atoms with Crippen LogP contribution in [0.25, 0.3) is 0 Å². The fraction of sp³-hybridized carbons (Fsp3) is 0.278. The standard InChI is InChI=1S/C18H23N3O4S/c1-14(15-8-10-17(11-9-15)26(19,23)24)20-18(22)21(2)12-13-25-16-6-4-3-5-7-16/h3-11,14H,12-13H2,1-2H3,(H,20,22)(H2,19,23,24)/t14-/m0/s1. The molecular formula is C18H23N3O4S. The molecule has 2 rings (SSSR count). The molecule has 8 heteroatoms. The van der Waals surface area contributed by atoms with Crippen LogP contribution in [0, 0.1) is 0 Å². The third-order valence-corrected chi connectivity index (χ3v) is 4.76. The molecule has 140 valence electrons. The molecule has 0 radical (unpaired) electrons. The van der Waals surface area contributed by atoms with Crippen LogP contribution in [0.15, 0.2) is 59.5 Å². The molecule has 2 aromatic rings. The van der Waals surface area contributed by atoms with Crippen molar-refractivity contribution in [2.75, 3.05) is 20.2 Å². The van der Waals surface area contributed by atoms with E-state index in [2.05, 4.69) is 5.32 Å². The first kappa shape index (κ1) is 19.7. The predicted octanol–water partition coefficient (Wildman–Crippen LogP) is 2.12. The molecule has 3 N–H and O–H groups in total. The summed E-state index contributed by atoms with van der Waals surface area (Å²) < 4.78 is 28.1. The molecule has 0 bridgehead atoms. The Balaban J connectivity index is 1.83. The van der Waals surface area contributed by atoms with Gasteiger partial charge < -0.3 is 15.0 Å². The lowest BCUT2D eigenvalue weighted by atomic mass is 10.1. The maximum atomic E-state index is 12.2. The summed E-state index contributed by atoms with van der Waals surface area (Å²) in [5.74, 6) is 0.754. The Bertz CT molecular complexity index is 823. The Hall–Kier alpha value is -2.58. The van der Waals surface area contributed by atoms with E-state index in [9.17, 15) is 13.2 Å². The van der Waals surface area contributed by atoms with Crippen LogP contribution in [0.5, 0.6) is 5.75 Å². The highest BCUT2D eigenvalue weighted by molar-refractivity contribution is 7.89. The van der Waals surface area contributed by atoms with Crippen molar-refractivity contribution < 1.29 is 17.9 Å². The monoisotopic (exact) mass is 377 g/mol. The number of benzene rings is 2. The number of nitrogens with zero attached hydrogens (tertiary/aromatic N) is 1. The molecule has 0 aliphatic rings. The second kappa shape index (κ2) is 8.68. The number of amides is 2. The van der Waals surface area contributed by atoms with Gasteiger partial charge in [0.05, 0.1) is 17.5 Å². The number of hydrogen-bond donors (Lipinski definition) is 2. The molecule has 7 nitrogen and oxygen atoms in total. The first-order valence-corrected chi connectivity index (χ1v) is 9.64. The van der Waals surface area contributed by atoms with Gasteiger partial charge >= 0.3 is 6.03 Å².